The van der Waals surface area contributed by atoms with E-state index in [1.54, 1.807) is 0 Å². The zero-order valence-electron chi connectivity index (χ0n) is 10.6. The van der Waals surface area contributed by atoms with Gasteiger partial charge in [-0.15, -0.1) is 0 Å². The maximum atomic E-state index is 11.3. The van der Waals surface area contributed by atoms with Crippen LogP contribution in [0.5, 0.6) is 0 Å². The molecule has 0 bridgehead atoms. The van der Waals surface area contributed by atoms with Gasteiger partial charge in [0.2, 0.25) is 5.91 Å². The normalized spacial score (nSPS) is 17.8. The highest BCUT2D eigenvalue weighted by Crippen LogP contribution is 2.20. The molecule has 3 amide bonds. The number of carbonyl (C=O) groups is 2. The Morgan fingerprint density at radius 3 is 2.35 bits per heavy atom. The molecule has 0 radical (unpaired) electrons. The second kappa shape index (κ2) is 7.27. The number of nitrogens with one attached hydrogen (secondary N) is 1. The molecule has 0 spiro atoms. The van der Waals surface area contributed by atoms with E-state index in [9.17, 15) is 9.59 Å². The van der Waals surface area contributed by atoms with Gasteiger partial charge in [0.15, 0.2) is 0 Å². The minimum absolute atomic E-state index is 0.294. The molecular weight excluding hydrogens is 218 g/mol. The number of nitrogens with two attached hydrogens (primary N) is 1. The number of urea groups is 1. The van der Waals surface area contributed by atoms with E-state index in [-0.39, 0.29) is 5.91 Å². The third-order valence-electron chi connectivity index (χ3n) is 3.40. The SMILES string of the molecule is CN(CCC(=O)NC(N)=O)C1CCCCCC1. The van der Waals surface area contributed by atoms with Crippen molar-refractivity contribution in [2.75, 3.05) is 13.6 Å². The fraction of sp³-hybridized carbons (Fsp3) is 0.833. The van der Waals surface area contributed by atoms with Crippen LogP contribution in [0.1, 0.15) is 44.9 Å². The van der Waals surface area contributed by atoms with Gasteiger partial charge in [0.1, 0.15) is 0 Å². The molecule has 1 fully saturated rings. The van der Waals surface area contributed by atoms with Crippen LogP contribution in [0, 0.1) is 0 Å². The van der Waals surface area contributed by atoms with Gasteiger partial charge in [0.25, 0.3) is 0 Å². The number of imide groups is 1. The molecule has 1 aliphatic carbocycles. The van der Waals surface area contributed by atoms with E-state index in [1.807, 2.05) is 7.05 Å². The van der Waals surface area contributed by atoms with E-state index >= 15 is 0 Å². The van der Waals surface area contributed by atoms with E-state index in [2.05, 4.69) is 10.2 Å². The fourth-order valence-corrected chi connectivity index (χ4v) is 2.36. The van der Waals surface area contributed by atoms with Gasteiger partial charge in [-0.3, -0.25) is 10.1 Å². The summed E-state index contributed by atoms with van der Waals surface area (Å²) in [4.78, 5) is 24.0. The van der Waals surface area contributed by atoms with Gasteiger partial charge < -0.3 is 10.6 Å². The van der Waals surface area contributed by atoms with Crippen LogP contribution in [-0.4, -0.2) is 36.5 Å². The van der Waals surface area contributed by atoms with Gasteiger partial charge in [-0.25, -0.2) is 4.79 Å². The summed E-state index contributed by atoms with van der Waals surface area (Å²) in [6, 6.07) is -0.189. The summed E-state index contributed by atoms with van der Waals surface area (Å²) in [5.41, 5.74) is 4.88. The van der Waals surface area contributed by atoms with Crippen LogP contribution in [0.4, 0.5) is 4.79 Å². The molecule has 0 atom stereocenters. The molecule has 1 aliphatic rings. The fourth-order valence-electron chi connectivity index (χ4n) is 2.36. The molecule has 0 aromatic heterocycles. The van der Waals surface area contributed by atoms with E-state index < -0.39 is 6.03 Å². The van der Waals surface area contributed by atoms with E-state index in [1.165, 1.54) is 38.5 Å². The Kier molecular flexibility index (Phi) is 5.97. The largest absolute Gasteiger partial charge is 0.351 e. The van der Waals surface area contributed by atoms with Crippen molar-refractivity contribution in [2.24, 2.45) is 5.73 Å². The lowest BCUT2D eigenvalue weighted by Crippen LogP contribution is -2.38. The van der Waals surface area contributed by atoms with Crippen LogP contribution < -0.4 is 11.1 Å². The van der Waals surface area contributed by atoms with Crippen molar-refractivity contribution in [3.63, 3.8) is 0 Å². The van der Waals surface area contributed by atoms with Crippen molar-refractivity contribution in [3.8, 4) is 0 Å². The predicted octanol–water partition coefficient (Wildman–Crippen LogP) is 1.23. The van der Waals surface area contributed by atoms with Crippen LogP contribution in [0.3, 0.4) is 0 Å². The molecule has 1 saturated carbocycles. The Morgan fingerprint density at radius 2 is 1.82 bits per heavy atom. The molecule has 3 N–H and O–H groups in total. The number of rotatable bonds is 4. The molecule has 0 unspecified atom stereocenters. The average molecular weight is 241 g/mol. The highest BCUT2D eigenvalue weighted by atomic mass is 16.2. The van der Waals surface area contributed by atoms with E-state index in [0.717, 1.165) is 0 Å². The number of hydrogen-bond donors (Lipinski definition) is 2. The first kappa shape index (κ1) is 14.0. The van der Waals surface area contributed by atoms with Crippen LogP contribution in [-0.2, 0) is 4.79 Å². The maximum Gasteiger partial charge on any atom is 0.318 e. The Bertz CT molecular complexity index is 260. The molecule has 0 heterocycles. The van der Waals surface area contributed by atoms with Crippen molar-refractivity contribution in [3.05, 3.63) is 0 Å². The van der Waals surface area contributed by atoms with Crippen molar-refractivity contribution in [1.82, 2.24) is 10.2 Å². The first-order valence-electron chi connectivity index (χ1n) is 6.39. The molecule has 0 aromatic carbocycles. The third kappa shape index (κ3) is 5.68. The maximum absolute atomic E-state index is 11.3. The van der Waals surface area contributed by atoms with Gasteiger partial charge in [0.05, 0.1) is 0 Å². The van der Waals surface area contributed by atoms with Crippen molar-refractivity contribution in [2.45, 2.75) is 51.0 Å². The predicted molar refractivity (Wildman–Crippen MR) is 66.5 cm³/mol. The molecule has 0 aromatic rings. The number of primary amides is 1. The lowest BCUT2D eigenvalue weighted by atomic mass is 10.1. The summed E-state index contributed by atoms with van der Waals surface area (Å²) in [6.07, 6.45) is 7.97. The van der Waals surface area contributed by atoms with E-state index in [4.69, 9.17) is 5.73 Å². The van der Waals surface area contributed by atoms with E-state index in [0.29, 0.717) is 19.0 Å². The Morgan fingerprint density at radius 1 is 1.24 bits per heavy atom. The highest BCUT2D eigenvalue weighted by Gasteiger charge is 2.17. The van der Waals surface area contributed by atoms with Crippen molar-refractivity contribution >= 4 is 11.9 Å². The molecule has 5 nitrogen and oxygen atoms in total. The first-order chi connectivity index (χ1) is 8.09. The average Bonchev–Trinajstić information content (AvgIpc) is 2.53. The quantitative estimate of drug-likeness (QED) is 0.727. The van der Waals surface area contributed by atoms with Gasteiger partial charge >= 0.3 is 6.03 Å². The number of amides is 3. The zero-order valence-corrected chi connectivity index (χ0v) is 10.6. The number of hydrogen-bond acceptors (Lipinski definition) is 3. The molecule has 0 aliphatic heterocycles. The Labute approximate surface area is 103 Å². The lowest BCUT2D eigenvalue weighted by Gasteiger charge is -2.26. The number of carbonyl (C=O) groups excluding carboxylic acids is 2. The summed E-state index contributed by atoms with van der Waals surface area (Å²) in [6.45, 7) is 0.684. The van der Waals surface area contributed by atoms with Crippen LogP contribution >= 0.6 is 0 Å². The summed E-state index contributed by atoms with van der Waals surface area (Å²) in [5.74, 6) is -0.294. The van der Waals surface area contributed by atoms with Crippen molar-refractivity contribution < 1.29 is 9.59 Å². The minimum atomic E-state index is -0.771. The first-order valence-corrected chi connectivity index (χ1v) is 6.39. The Hall–Kier alpha value is -1.10. The topological polar surface area (TPSA) is 75.4 Å². The molecule has 1 rings (SSSR count). The monoisotopic (exact) mass is 241 g/mol. The molecule has 98 valence electrons. The number of nitrogens with zero attached hydrogens (tertiary/aromatic N) is 1. The second-order valence-electron chi connectivity index (χ2n) is 4.79. The standard InChI is InChI=1S/C12H23N3O2/c1-15(9-8-11(16)14-12(13)17)10-6-4-2-3-5-7-10/h10H,2-9H2,1H3,(H3,13,14,16,17). The second-order valence-corrected chi connectivity index (χ2v) is 4.79. The van der Waals surface area contributed by atoms with Gasteiger partial charge in [-0.1, -0.05) is 25.7 Å². The summed E-state index contributed by atoms with van der Waals surface area (Å²) >= 11 is 0. The lowest BCUT2D eigenvalue weighted by molar-refractivity contribution is -0.120. The van der Waals surface area contributed by atoms with Gasteiger partial charge in [-0.05, 0) is 19.9 Å². The highest BCUT2D eigenvalue weighted by molar-refractivity contribution is 5.93. The summed E-state index contributed by atoms with van der Waals surface area (Å²) in [7, 11) is 2.05. The molecule has 17 heavy (non-hydrogen) atoms. The smallest absolute Gasteiger partial charge is 0.318 e. The summed E-state index contributed by atoms with van der Waals surface area (Å²) < 4.78 is 0. The van der Waals surface area contributed by atoms with Crippen LogP contribution in [0.25, 0.3) is 0 Å². The van der Waals surface area contributed by atoms with Gasteiger partial charge in [0, 0.05) is 19.0 Å². The molecule has 0 saturated heterocycles. The van der Waals surface area contributed by atoms with Gasteiger partial charge in [-0.2, -0.15) is 0 Å². The van der Waals surface area contributed by atoms with Crippen molar-refractivity contribution in [1.29, 1.82) is 0 Å². The third-order valence-corrected chi connectivity index (χ3v) is 3.40. The zero-order chi connectivity index (χ0) is 12.7. The minimum Gasteiger partial charge on any atom is -0.351 e. The summed E-state index contributed by atoms with van der Waals surface area (Å²) in [5, 5.41) is 2.09. The Balaban J connectivity index is 2.25. The van der Waals surface area contributed by atoms with Crippen LogP contribution in [0.2, 0.25) is 0 Å². The molecular formula is C12H23N3O2. The molecule has 5 heteroatoms. The van der Waals surface area contributed by atoms with Crippen LogP contribution in [0.15, 0.2) is 0 Å².